The first-order chi connectivity index (χ1) is 6.43. The average Bonchev–Trinajstić information content (AvgIpc) is 2.09. The number of hydrogen-bond acceptors (Lipinski definition) is 2. The smallest absolute Gasteiger partial charge is 0.0241 e. The highest BCUT2D eigenvalue weighted by Gasteiger charge is 2.03. The molecule has 0 bridgehead atoms. The number of rotatable bonds is 6. The lowest BCUT2D eigenvalue weighted by Gasteiger charge is -2.15. The minimum absolute atomic E-state index is 0.125. The van der Waals surface area contributed by atoms with Crippen LogP contribution in [0, 0.1) is 0 Å². The molecule has 0 aliphatic rings. The van der Waals surface area contributed by atoms with E-state index in [2.05, 4.69) is 38.8 Å². The molecule has 0 saturated heterocycles. The summed E-state index contributed by atoms with van der Waals surface area (Å²) in [7, 11) is 4.05. The van der Waals surface area contributed by atoms with Crippen LogP contribution in [0.3, 0.4) is 0 Å². The molecule has 3 heteroatoms. The second-order valence-electron chi connectivity index (χ2n) is 3.62. The van der Waals surface area contributed by atoms with Crippen LogP contribution in [-0.2, 0) is 0 Å². The zero-order valence-electron chi connectivity index (χ0n) is 9.45. The van der Waals surface area contributed by atoms with Gasteiger partial charge in [-0.05, 0) is 38.3 Å². The van der Waals surface area contributed by atoms with Gasteiger partial charge in [-0.2, -0.15) is 0 Å². The summed E-state index contributed by atoms with van der Waals surface area (Å²) in [5, 5.41) is 1.17. The van der Waals surface area contributed by atoms with Crippen LogP contribution in [0.5, 0.6) is 0 Å². The topological polar surface area (TPSA) is 29.3 Å². The van der Waals surface area contributed by atoms with Gasteiger partial charge in [0.2, 0.25) is 0 Å². The standard InChI is InChI=1S/C11H21N2P/c1-10(12)6-7-11(2)14(5)9-8-13(3)4/h6-7H,1-2,8-9,12H2,3-5H3/b7-6-. The summed E-state index contributed by atoms with van der Waals surface area (Å²) >= 11 is 0. The van der Waals surface area contributed by atoms with Crippen molar-refractivity contribution in [1.82, 2.24) is 4.90 Å². The van der Waals surface area contributed by atoms with Crippen molar-refractivity contribution in [3.8, 4) is 0 Å². The molecule has 0 aromatic carbocycles. The minimum Gasteiger partial charge on any atom is -0.399 e. The number of hydrogen-bond donors (Lipinski definition) is 1. The van der Waals surface area contributed by atoms with Gasteiger partial charge in [-0.3, -0.25) is 0 Å². The van der Waals surface area contributed by atoms with E-state index in [0.29, 0.717) is 5.70 Å². The van der Waals surface area contributed by atoms with Gasteiger partial charge in [0.15, 0.2) is 0 Å². The Kier molecular flexibility index (Phi) is 6.52. The zero-order chi connectivity index (χ0) is 11.1. The molecule has 0 aromatic rings. The molecule has 0 rings (SSSR count). The highest BCUT2D eigenvalue weighted by atomic mass is 31.1. The second kappa shape index (κ2) is 6.80. The summed E-state index contributed by atoms with van der Waals surface area (Å²) in [6, 6.07) is 0. The average molecular weight is 212 g/mol. The van der Waals surface area contributed by atoms with E-state index >= 15 is 0 Å². The van der Waals surface area contributed by atoms with E-state index in [4.69, 9.17) is 5.73 Å². The quantitative estimate of drug-likeness (QED) is 0.540. The SMILES string of the molecule is C=C(N)/C=C\C(=C)P(C)CCN(C)C. The monoisotopic (exact) mass is 212 g/mol. The van der Waals surface area contributed by atoms with Crippen LogP contribution in [0.1, 0.15) is 0 Å². The Labute approximate surface area is 88.9 Å². The van der Waals surface area contributed by atoms with Crippen LogP contribution < -0.4 is 5.73 Å². The Morgan fingerprint density at radius 3 is 2.36 bits per heavy atom. The van der Waals surface area contributed by atoms with Gasteiger partial charge in [0.25, 0.3) is 0 Å². The molecule has 0 heterocycles. The van der Waals surface area contributed by atoms with Gasteiger partial charge >= 0.3 is 0 Å². The third kappa shape index (κ3) is 6.88. The van der Waals surface area contributed by atoms with Crippen LogP contribution in [0.15, 0.2) is 36.3 Å². The van der Waals surface area contributed by atoms with Gasteiger partial charge in [-0.25, -0.2) is 0 Å². The lowest BCUT2D eigenvalue weighted by Crippen LogP contribution is -2.15. The molecule has 0 fully saturated rings. The lowest BCUT2D eigenvalue weighted by atomic mass is 10.4. The summed E-state index contributed by atoms with van der Waals surface area (Å²) in [5.41, 5.74) is 6.02. The van der Waals surface area contributed by atoms with E-state index in [1.165, 1.54) is 11.5 Å². The van der Waals surface area contributed by atoms with E-state index in [-0.39, 0.29) is 7.92 Å². The normalized spacial score (nSPS) is 13.4. The molecule has 0 aliphatic heterocycles. The maximum absolute atomic E-state index is 5.44. The van der Waals surface area contributed by atoms with Crippen LogP contribution in [0.25, 0.3) is 0 Å². The Bertz CT molecular complexity index is 231. The summed E-state index contributed by atoms with van der Waals surface area (Å²) in [4.78, 5) is 2.19. The molecule has 0 radical (unpaired) electrons. The van der Waals surface area contributed by atoms with Crippen LogP contribution >= 0.6 is 7.92 Å². The Morgan fingerprint density at radius 2 is 1.93 bits per heavy atom. The maximum Gasteiger partial charge on any atom is 0.0241 e. The van der Waals surface area contributed by atoms with Gasteiger partial charge in [0.05, 0.1) is 0 Å². The van der Waals surface area contributed by atoms with E-state index in [1.54, 1.807) is 0 Å². The molecule has 0 aliphatic carbocycles. The molecule has 2 nitrogen and oxygen atoms in total. The predicted octanol–water partition coefficient (Wildman–Crippen LogP) is 2.20. The van der Waals surface area contributed by atoms with Gasteiger partial charge in [-0.1, -0.05) is 27.2 Å². The highest BCUT2D eigenvalue weighted by Crippen LogP contribution is 2.39. The largest absolute Gasteiger partial charge is 0.399 e. The third-order valence-electron chi connectivity index (χ3n) is 1.86. The van der Waals surface area contributed by atoms with Crippen molar-refractivity contribution >= 4 is 7.92 Å². The van der Waals surface area contributed by atoms with Gasteiger partial charge in [-0.15, -0.1) is 0 Å². The van der Waals surface area contributed by atoms with E-state index in [9.17, 15) is 0 Å². The molecular weight excluding hydrogens is 191 g/mol. The summed E-state index contributed by atoms with van der Waals surface area (Å²) < 4.78 is 0. The lowest BCUT2D eigenvalue weighted by molar-refractivity contribution is 0.436. The molecule has 14 heavy (non-hydrogen) atoms. The van der Waals surface area contributed by atoms with Gasteiger partial charge < -0.3 is 10.6 Å². The van der Waals surface area contributed by atoms with Crippen LogP contribution in [0.2, 0.25) is 0 Å². The molecule has 2 N–H and O–H groups in total. The van der Waals surface area contributed by atoms with Gasteiger partial charge in [0.1, 0.15) is 0 Å². The first-order valence-corrected chi connectivity index (χ1v) is 6.58. The summed E-state index contributed by atoms with van der Waals surface area (Å²) in [6.07, 6.45) is 4.98. The molecule has 0 amide bonds. The van der Waals surface area contributed by atoms with E-state index in [0.717, 1.165) is 6.54 Å². The Morgan fingerprint density at radius 1 is 1.36 bits per heavy atom. The number of nitrogens with two attached hydrogens (primary N) is 1. The zero-order valence-corrected chi connectivity index (χ0v) is 10.3. The first-order valence-electron chi connectivity index (χ1n) is 4.60. The fraction of sp³-hybridized carbons (Fsp3) is 0.455. The van der Waals surface area contributed by atoms with Crippen molar-refractivity contribution < 1.29 is 0 Å². The van der Waals surface area contributed by atoms with Crippen molar-refractivity contribution in [2.24, 2.45) is 5.73 Å². The van der Waals surface area contributed by atoms with Crippen molar-refractivity contribution in [1.29, 1.82) is 0 Å². The molecule has 1 atom stereocenters. The first kappa shape index (κ1) is 13.4. The van der Waals surface area contributed by atoms with Crippen molar-refractivity contribution in [2.45, 2.75) is 0 Å². The summed E-state index contributed by atoms with van der Waals surface area (Å²) in [5.74, 6) is 0. The van der Waals surface area contributed by atoms with Crippen molar-refractivity contribution in [3.63, 3.8) is 0 Å². The van der Waals surface area contributed by atoms with Gasteiger partial charge in [0, 0.05) is 12.2 Å². The van der Waals surface area contributed by atoms with Crippen molar-refractivity contribution in [3.05, 3.63) is 36.3 Å². The van der Waals surface area contributed by atoms with E-state index < -0.39 is 0 Å². The Balaban J connectivity index is 3.93. The maximum atomic E-state index is 5.44. The molecule has 0 spiro atoms. The van der Waals surface area contributed by atoms with Crippen LogP contribution in [0.4, 0.5) is 0 Å². The van der Waals surface area contributed by atoms with Crippen molar-refractivity contribution in [2.75, 3.05) is 33.5 Å². The highest BCUT2D eigenvalue weighted by molar-refractivity contribution is 7.61. The van der Waals surface area contributed by atoms with Crippen LogP contribution in [-0.4, -0.2) is 38.4 Å². The Hall–Kier alpha value is -0.590. The third-order valence-corrected chi connectivity index (χ3v) is 3.86. The number of nitrogens with zero attached hydrogens (tertiary/aromatic N) is 1. The minimum atomic E-state index is -0.125. The molecule has 0 aromatic heterocycles. The fourth-order valence-corrected chi connectivity index (χ4v) is 2.14. The van der Waals surface area contributed by atoms with E-state index in [1.807, 2.05) is 12.2 Å². The molecule has 1 unspecified atom stereocenters. The number of allylic oxidation sites excluding steroid dienone is 3. The fourth-order valence-electron chi connectivity index (χ4n) is 0.824. The molecule has 0 saturated carbocycles. The molecule has 80 valence electrons. The molecular formula is C11H21N2P. The predicted molar refractivity (Wildman–Crippen MR) is 67.9 cm³/mol. The second-order valence-corrected chi connectivity index (χ2v) is 6.04. The summed E-state index contributed by atoms with van der Waals surface area (Å²) in [6.45, 7) is 11.0.